The second kappa shape index (κ2) is 8.04. The predicted octanol–water partition coefficient (Wildman–Crippen LogP) is 4.50. The van der Waals surface area contributed by atoms with Crippen molar-refractivity contribution in [1.29, 1.82) is 0 Å². The van der Waals surface area contributed by atoms with Gasteiger partial charge in [0, 0.05) is 11.4 Å². The number of hydrogen-bond donors (Lipinski definition) is 0. The summed E-state index contributed by atoms with van der Waals surface area (Å²) in [5.74, 6) is 1.23. The van der Waals surface area contributed by atoms with Gasteiger partial charge in [0.2, 0.25) is 0 Å². The molecule has 3 heteroatoms. The van der Waals surface area contributed by atoms with Gasteiger partial charge in [-0.3, -0.25) is 4.90 Å². The van der Waals surface area contributed by atoms with Crippen LogP contribution < -0.4 is 0 Å². The lowest BCUT2D eigenvalue weighted by Crippen LogP contribution is -2.45. The van der Waals surface area contributed by atoms with Crippen LogP contribution in [-0.4, -0.2) is 48.8 Å². The smallest absolute Gasteiger partial charge is 0.0234 e. The summed E-state index contributed by atoms with van der Waals surface area (Å²) in [4.78, 5) is 6.61. The predicted molar refractivity (Wildman–Crippen MR) is 101 cm³/mol. The van der Waals surface area contributed by atoms with Gasteiger partial charge < -0.3 is 4.90 Å². The highest BCUT2D eigenvalue weighted by Gasteiger charge is 2.36. The molecule has 2 nitrogen and oxygen atoms in total. The Kier molecular flexibility index (Phi) is 6.06. The first-order valence-electron chi connectivity index (χ1n) is 9.32. The van der Waals surface area contributed by atoms with E-state index >= 15 is 0 Å². The molecule has 1 aromatic rings. The van der Waals surface area contributed by atoms with Gasteiger partial charge in [-0.05, 0) is 94.2 Å². The van der Waals surface area contributed by atoms with Crippen molar-refractivity contribution >= 4 is 11.8 Å². The summed E-state index contributed by atoms with van der Waals surface area (Å²) < 4.78 is 0. The van der Waals surface area contributed by atoms with Crippen molar-refractivity contribution in [2.24, 2.45) is 5.41 Å². The van der Waals surface area contributed by atoms with Gasteiger partial charge in [-0.2, -0.15) is 0 Å². The highest BCUT2D eigenvalue weighted by atomic mass is 32.2. The van der Waals surface area contributed by atoms with Crippen LogP contribution in [0.5, 0.6) is 0 Å². The van der Waals surface area contributed by atoms with Gasteiger partial charge in [-0.25, -0.2) is 0 Å². The molecule has 2 fully saturated rings. The molecule has 0 aromatic heterocycles. The zero-order valence-corrected chi connectivity index (χ0v) is 15.7. The van der Waals surface area contributed by atoms with E-state index in [4.69, 9.17) is 0 Å². The van der Waals surface area contributed by atoms with Crippen molar-refractivity contribution in [3.8, 4) is 0 Å². The van der Waals surface area contributed by atoms with Crippen LogP contribution in [0.15, 0.2) is 29.2 Å². The Labute approximate surface area is 146 Å². The minimum absolute atomic E-state index is 0.668. The van der Waals surface area contributed by atoms with Gasteiger partial charge in [0.05, 0.1) is 0 Å². The van der Waals surface area contributed by atoms with Crippen LogP contribution in [0.1, 0.15) is 44.6 Å². The normalized spacial score (nSPS) is 22.5. The summed E-state index contributed by atoms with van der Waals surface area (Å²) in [5, 5.41) is 0. The fourth-order valence-electron chi connectivity index (χ4n) is 3.99. The third-order valence-corrected chi connectivity index (χ3v) is 6.94. The molecule has 23 heavy (non-hydrogen) atoms. The van der Waals surface area contributed by atoms with Gasteiger partial charge in [-0.1, -0.05) is 19.1 Å². The van der Waals surface area contributed by atoms with Crippen LogP contribution in [0.25, 0.3) is 0 Å². The Bertz CT molecular complexity index is 484. The Morgan fingerprint density at radius 2 is 1.74 bits per heavy atom. The first kappa shape index (κ1) is 17.3. The summed E-state index contributed by atoms with van der Waals surface area (Å²) in [6.07, 6.45) is 6.90. The maximum absolute atomic E-state index is 2.67. The molecule has 2 heterocycles. The van der Waals surface area contributed by atoms with Crippen LogP contribution in [-0.2, 0) is 6.54 Å². The molecular formula is C20H32N2S. The van der Waals surface area contributed by atoms with Crippen LogP contribution in [0.3, 0.4) is 0 Å². The van der Waals surface area contributed by atoms with E-state index in [1.54, 1.807) is 0 Å². The van der Waals surface area contributed by atoms with E-state index in [9.17, 15) is 0 Å². The third kappa shape index (κ3) is 4.74. The summed E-state index contributed by atoms with van der Waals surface area (Å²) in [6, 6.07) is 9.19. The quantitative estimate of drug-likeness (QED) is 0.733. The van der Waals surface area contributed by atoms with E-state index in [-0.39, 0.29) is 0 Å². The van der Waals surface area contributed by atoms with E-state index in [2.05, 4.69) is 48.0 Å². The highest BCUT2D eigenvalue weighted by Crippen LogP contribution is 2.41. The molecule has 0 unspecified atom stereocenters. The fraction of sp³-hybridized carbons (Fsp3) is 0.700. The van der Waals surface area contributed by atoms with Gasteiger partial charge >= 0.3 is 0 Å². The molecule has 3 rings (SSSR count). The molecular weight excluding hydrogens is 300 g/mol. The number of piperidine rings is 2. The summed E-state index contributed by atoms with van der Waals surface area (Å²) in [6.45, 7) is 8.57. The molecule has 0 radical (unpaired) electrons. The van der Waals surface area contributed by atoms with Crippen molar-refractivity contribution in [3.05, 3.63) is 29.8 Å². The van der Waals surface area contributed by atoms with Gasteiger partial charge in [0.25, 0.3) is 0 Å². The first-order chi connectivity index (χ1) is 11.2. The molecule has 1 aromatic carbocycles. The standard InChI is InChI=1S/C20H32N2S/c1-3-15-23-19-6-4-5-18(16-19)17-22-13-9-20(10-14-22)7-11-21(2)12-8-20/h4-6,16H,3,7-15,17H2,1-2H3. The van der Waals surface area contributed by atoms with E-state index < -0.39 is 0 Å². The minimum atomic E-state index is 0.668. The molecule has 128 valence electrons. The first-order valence-corrected chi connectivity index (χ1v) is 10.3. The van der Waals surface area contributed by atoms with Crippen LogP contribution >= 0.6 is 11.8 Å². The molecule has 0 bridgehead atoms. The van der Waals surface area contributed by atoms with Crippen molar-refractivity contribution in [2.45, 2.75) is 50.5 Å². The molecule has 0 N–H and O–H groups in total. The van der Waals surface area contributed by atoms with Crippen LogP contribution in [0, 0.1) is 5.41 Å². The lowest BCUT2D eigenvalue weighted by molar-refractivity contribution is 0.0400. The maximum atomic E-state index is 2.67. The number of hydrogen-bond acceptors (Lipinski definition) is 3. The maximum Gasteiger partial charge on any atom is 0.0234 e. The average Bonchev–Trinajstić information content (AvgIpc) is 2.58. The van der Waals surface area contributed by atoms with Gasteiger partial charge in [-0.15, -0.1) is 11.8 Å². The molecule has 2 aliphatic rings. The number of thioether (sulfide) groups is 1. The number of nitrogens with zero attached hydrogens (tertiary/aromatic N) is 2. The van der Waals surface area contributed by atoms with Crippen LogP contribution in [0.2, 0.25) is 0 Å². The van der Waals surface area contributed by atoms with Crippen molar-refractivity contribution in [1.82, 2.24) is 9.80 Å². The zero-order chi connectivity index (χ0) is 16.1. The van der Waals surface area contributed by atoms with Crippen molar-refractivity contribution in [3.63, 3.8) is 0 Å². The molecule has 2 aliphatic heterocycles. The summed E-state index contributed by atoms with van der Waals surface area (Å²) in [7, 11) is 2.27. The average molecular weight is 333 g/mol. The number of benzene rings is 1. The van der Waals surface area contributed by atoms with Gasteiger partial charge in [0.1, 0.15) is 0 Å². The van der Waals surface area contributed by atoms with Gasteiger partial charge in [0.15, 0.2) is 0 Å². The molecule has 2 saturated heterocycles. The largest absolute Gasteiger partial charge is 0.306 e. The topological polar surface area (TPSA) is 6.48 Å². The monoisotopic (exact) mass is 332 g/mol. The second-order valence-electron chi connectivity index (χ2n) is 7.58. The zero-order valence-electron chi connectivity index (χ0n) is 14.9. The summed E-state index contributed by atoms with van der Waals surface area (Å²) in [5.41, 5.74) is 2.16. The SMILES string of the molecule is CCCSc1cccc(CN2CCC3(CCN(C)CC3)CC2)c1. The number of likely N-dealkylation sites (tertiary alicyclic amines) is 2. The molecule has 0 saturated carbocycles. The summed E-state index contributed by atoms with van der Waals surface area (Å²) >= 11 is 1.99. The molecule has 1 spiro atoms. The Hall–Kier alpha value is -0.510. The molecule has 0 amide bonds. The van der Waals surface area contributed by atoms with E-state index in [0.717, 1.165) is 6.54 Å². The van der Waals surface area contributed by atoms with Crippen molar-refractivity contribution < 1.29 is 0 Å². The highest BCUT2D eigenvalue weighted by molar-refractivity contribution is 7.99. The molecule has 0 aliphatic carbocycles. The van der Waals surface area contributed by atoms with Crippen molar-refractivity contribution in [2.75, 3.05) is 39.0 Å². The lowest BCUT2D eigenvalue weighted by Gasteiger charge is -2.46. The minimum Gasteiger partial charge on any atom is -0.306 e. The third-order valence-electron chi connectivity index (χ3n) is 5.74. The fourth-order valence-corrected chi connectivity index (χ4v) is 4.84. The molecule has 0 atom stereocenters. The Morgan fingerprint density at radius 3 is 2.43 bits per heavy atom. The second-order valence-corrected chi connectivity index (χ2v) is 8.74. The van der Waals surface area contributed by atoms with Crippen LogP contribution in [0.4, 0.5) is 0 Å². The Balaban J connectivity index is 1.50. The number of rotatable bonds is 5. The Morgan fingerprint density at radius 1 is 1.04 bits per heavy atom. The van der Waals surface area contributed by atoms with E-state index in [1.807, 2.05) is 11.8 Å². The van der Waals surface area contributed by atoms with E-state index in [0.29, 0.717) is 5.41 Å². The lowest BCUT2D eigenvalue weighted by atomic mass is 9.71. The van der Waals surface area contributed by atoms with E-state index in [1.165, 1.54) is 74.5 Å².